The summed E-state index contributed by atoms with van der Waals surface area (Å²) in [4.78, 5) is 80.5. The lowest BCUT2D eigenvalue weighted by Crippen LogP contribution is -2.56. The Kier molecular flexibility index (Phi) is 16.8. The Morgan fingerprint density at radius 2 is 1.68 bits per heavy atom. The van der Waals surface area contributed by atoms with E-state index < -0.39 is 58.0 Å². The first kappa shape index (κ1) is 44.3. The van der Waals surface area contributed by atoms with Crippen molar-refractivity contribution in [1.82, 2.24) is 25.9 Å². The van der Waals surface area contributed by atoms with Crippen LogP contribution < -0.4 is 20.9 Å². The van der Waals surface area contributed by atoms with Crippen LogP contribution in [0.2, 0.25) is 0 Å². The SMILES string of the molecule is CO[P+](=O)C(NC(=O)CCCCC(=O)N(C)c1ccc2c(c1)COB([C@@H](CC(C)C)NC(=O)[C@@H](Cc1ccccc1)NC(=O)c1cnccn1)OC2)P(=O)(O)O. The number of hydrogen-bond acceptors (Lipinski definition) is 11. The largest absolute Gasteiger partial charge is 0.546 e. The Morgan fingerprint density at radius 3 is 2.32 bits per heavy atom. The molecule has 300 valence electrons. The van der Waals surface area contributed by atoms with Crippen LogP contribution in [0.25, 0.3) is 0 Å². The average Bonchev–Trinajstić information content (AvgIpc) is 3.40. The van der Waals surface area contributed by atoms with Crippen molar-refractivity contribution in [1.29, 1.82) is 0 Å². The molecule has 4 rings (SSSR count). The number of rotatable bonds is 19. The third-order valence-electron chi connectivity index (χ3n) is 8.87. The topological polar surface area (TPSA) is 236 Å². The van der Waals surface area contributed by atoms with E-state index in [4.69, 9.17) is 9.31 Å². The van der Waals surface area contributed by atoms with Gasteiger partial charge < -0.3 is 34.6 Å². The van der Waals surface area contributed by atoms with Gasteiger partial charge in [0.05, 0.1) is 32.5 Å². The number of hydrogen-bond donors (Lipinski definition) is 5. The second-order valence-corrected chi connectivity index (χ2v) is 17.2. The van der Waals surface area contributed by atoms with Gasteiger partial charge in [-0.1, -0.05) is 50.2 Å². The van der Waals surface area contributed by atoms with Crippen molar-refractivity contribution in [3.63, 3.8) is 0 Å². The number of carbonyl (C=O) groups is 4. The fraction of sp³-hybridized carbons (Fsp3) is 0.444. The van der Waals surface area contributed by atoms with Crippen molar-refractivity contribution >= 4 is 52.1 Å². The lowest BCUT2D eigenvalue weighted by atomic mass is 9.73. The molecular formula is C36H48BN6O11P2+. The van der Waals surface area contributed by atoms with Gasteiger partial charge in [0.15, 0.2) is 0 Å². The molecule has 1 aliphatic heterocycles. The molecule has 20 heteroatoms. The first-order valence-corrected chi connectivity index (χ1v) is 21.0. The minimum Gasteiger partial charge on any atom is -0.406 e. The van der Waals surface area contributed by atoms with Crippen LogP contribution in [0.15, 0.2) is 67.1 Å². The number of amides is 4. The van der Waals surface area contributed by atoms with Crippen molar-refractivity contribution < 1.29 is 51.9 Å². The zero-order valence-electron chi connectivity index (χ0n) is 31.7. The highest BCUT2D eigenvalue weighted by atomic mass is 31.2. The Labute approximate surface area is 326 Å². The first-order chi connectivity index (χ1) is 26.7. The zero-order valence-corrected chi connectivity index (χ0v) is 33.5. The summed E-state index contributed by atoms with van der Waals surface area (Å²) < 4.78 is 40.4. The van der Waals surface area contributed by atoms with Crippen LogP contribution in [0, 0.1) is 5.92 Å². The van der Waals surface area contributed by atoms with E-state index >= 15 is 0 Å². The van der Waals surface area contributed by atoms with E-state index in [2.05, 4.69) is 30.4 Å². The van der Waals surface area contributed by atoms with E-state index in [1.165, 1.54) is 23.5 Å². The van der Waals surface area contributed by atoms with Gasteiger partial charge in [0.1, 0.15) is 11.7 Å². The van der Waals surface area contributed by atoms with E-state index in [1.54, 1.807) is 13.1 Å². The van der Waals surface area contributed by atoms with Crippen molar-refractivity contribution in [3.05, 3.63) is 89.5 Å². The molecule has 0 bridgehead atoms. The molecule has 1 aliphatic rings. The molecule has 0 spiro atoms. The van der Waals surface area contributed by atoms with Crippen LogP contribution in [0.4, 0.5) is 5.69 Å². The summed E-state index contributed by atoms with van der Waals surface area (Å²) >= 11 is 0. The van der Waals surface area contributed by atoms with E-state index in [9.17, 15) is 38.1 Å². The van der Waals surface area contributed by atoms with Crippen molar-refractivity contribution in [3.8, 4) is 0 Å². The summed E-state index contributed by atoms with van der Waals surface area (Å²) in [5, 5.41) is 7.95. The number of unbranched alkanes of at least 4 members (excludes halogenated alkanes) is 1. The number of nitrogens with zero attached hydrogens (tertiary/aromatic N) is 3. The molecule has 1 aromatic heterocycles. The summed E-state index contributed by atoms with van der Waals surface area (Å²) in [6, 6.07) is 13.9. The maximum absolute atomic E-state index is 13.9. The normalized spacial score (nSPS) is 14.8. The maximum atomic E-state index is 13.9. The van der Waals surface area contributed by atoms with Gasteiger partial charge in [-0.05, 0) is 58.6 Å². The molecule has 3 aromatic rings. The van der Waals surface area contributed by atoms with Crippen molar-refractivity contribution in [2.75, 3.05) is 19.1 Å². The predicted octanol–water partition coefficient (Wildman–Crippen LogP) is 3.61. The number of fused-ring (bicyclic) bond motifs is 1. The number of anilines is 1. The molecule has 4 amide bonds. The molecule has 4 atom stereocenters. The maximum Gasteiger partial charge on any atom is 0.546 e. The van der Waals surface area contributed by atoms with E-state index in [0.717, 1.165) is 23.8 Å². The van der Waals surface area contributed by atoms with Crippen molar-refractivity contribution in [2.45, 2.75) is 83.1 Å². The molecular weight excluding hydrogens is 765 g/mol. The fourth-order valence-corrected chi connectivity index (χ4v) is 7.93. The molecule has 2 heterocycles. The number of aromatic nitrogens is 2. The molecule has 2 aromatic carbocycles. The molecule has 0 saturated heterocycles. The van der Waals surface area contributed by atoms with E-state index in [-0.39, 0.29) is 56.4 Å². The molecule has 56 heavy (non-hydrogen) atoms. The van der Waals surface area contributed by atoms with Gasteiger partial charge in [0, 0.05) is 44.4 Å². The summed E-state index contributed by atoms with van der Waals surface area (Å²) in [5.74, 6) is -2.31. The van der Waals surface area contributed by atoms with Gasteiger partial charge in [-0.3, -0.25) is 34.0 Å². The number of carbonyl (C=O) groups excluding carboxylic acids is 4. The van der Waals surface area contributed by atoms with Gasteiger partial charge in [-0.2, -0.15) is 0 Å². The minimum atomic E-state index is -4.91. The zero-order chi connectivity index (χ0) is 40.8. The van der Waals surface area contributed by atoms with Crippen LogP contribution >= 0.6 is 15.6 Å². The molecule has 17 nitrogen and oxygen atoms in total. The minimum absolute atomic E-state index is 0.0808. The van der Waals surface area contributed by atoms with E-state index in [0.29, 0.717) is 18.5 Å². The molecule has 5 N–H and O–H groups in total. The van der Waals surface area contributed by atoms with Gasteiger partial charge in [0.25, 0.3) is 5.91 Å². The van der Waals surface area contributed by atoms with Crippen LogP contribution in [-0.4, -0.2) is 82.2 Å². The van der Waals surface area contributed by atoms with Crippen molar-refractivity contribution in [2.24, 2.45) is 5.92 Å². The first-order valence-electron chi connectivity index (χ1n) is 18.0. The second-order valence-electron chi connectivity index (χ2n) is 13.7. The van der Waals surface area contributed by atoms with Crippen LogP contribution in [0.1, 0.15) is 73.1 Å². The van der Waals surface area contributed by atoms with Gasteiger partial charge in [0.2, 0.25) is 17.7 Å². The Bertz CT molecular complexity index is 1870. The highest BCUT2D eigenvalue weighted by molar-refractivity contribution is 7.65. The van der Waals surface area contributed by atoms with Gasteiger partial charge in [-0.15, -0.1) is 4.52 Å². The molecule has 0 saturated carbocycles. The standard InChI is InChI=1S/C36H47BN6O11P2/c1-24(2)18-31(41-34(46)29(19-25-10-6-5-7-11-25)40-35(47)30-21-38-16-17-39-30)37-53-22-26-14-15-28(20-27(26)23-54-37)43(3)33(45)13-9-8-12-32(44)42-36(55(48)52-4)56(49,50)51/h5-7,10-11,14-17,20-21,24,29,31,36H,8-9,12-13,18-19,22-23H2,1-4H3,(H4-,40,41,42,44,46,47,49,50,51)/p+1/t29-,31-,36?/m1/s1. The molecule has 0 fully saturated rings. The molecule has 2 unspecified atom stereocenters. The lowest BCUT2D eigenvalue weighted by Gasteiger charge is -2.27. The Balaban J connectivity index is 1.36. The fourth-order valence-electron chi connectivity index (χ4n) is 5.91. The van der Waals surface area contributed by atoms with Gasteiger partial charge >= 0.3 is 28.3 Å². The predicted molar refractivity (Wildman–Crippen MR) is 207 cm³/mol. The van der Waals surface area contributed by atoms with Crippen LogP contribution in [-0.2, 0) is 57.0 Å². The monoisotopic (exact) mass is 813 g/mol. The summed E-state index contributed by atoms with van der Waals surface area (Å²) in [6.45, 7) is 4.35. The Hall–Kier alpha value is -4.41. The van der Waals surface area contributed by atoms with Crippen LogP contribution in [0.3, 0.4) is 0 Å². The van der Waals surface area contributed by atoms with Crippen LogP contribution in [0.5, 0.6) is 0 Å². The Morgan fingerprint density at radius 1 is 0.982 bits per heavy atom. The smallest absolute Gasteiger partial charge is 0.406 e. The third kappa shape index (κ3) is 13.4. The quantitative estimate of drug-likeness (QED) is 0.0662. The number of benzene rings is 2. The van der Waals surface area contributed by atoms with E-state index in [1.807, 2.05) is 56.3 Å². The summed E-state index contributed by atoms with van der Waals surface area (Å²) in [7, 11) is -5.92. The highest BCUT2D eigenvalue weighted by Crippen LogP contribution is 2.51. The summed E-state index contributed by atoms with van der Waals surface area (Å²) in [6.07, 6.45) is 5.45. The molecule has 0 radical (unpaired) electrons. The molecule has 0 aliphatic carbocycles. The lowest BCUT2D eigenvalue weighted by molar-refractivity contribution is -0.123. The second kappa shape index (κ2) is 21.2. The van der Waals surface area contributed by atoms with Gasteiger partial charge in [-0.25, -0.2) is 4.98 Å². The third-order valence-corrected chi connectivity index (χ3v) is 12.0. The highest BCUT2D eigenvalue weighted by Gasteiger charge is 2.48. The summed E-state index contributed by atoms with van der Waals surface area (Å²) in [5.41, 5.74) is 1.23. The average molecular weight is 814 g/mol. The number of nitrogens with one attached hydrogen (secondary N) is 3.